The quantitative estimate of drug-likeness (QED) is 0.460. The lowest BCUT2D eigenvalue weighted by Gasteiger charge is -2.60. The minimum atomic E-state index is -0.121. The number of rotatable bonds is 2. The monoisotopic (exact) mass is 344 g/mol. The van der Waals surface area contributed by atoms with E-state index in [4.69, 9.17) is 4.74 Å². The molecule has 6 unspecified atom stereocenters. The molecule has 25 heavy (non-hydrogen) atoms. The second kappa shape index (κ2) is 6.43. The first kappa shape index (κ1) is 17.6. The zero-order valence-corrected chi connectivity index (χ0v) is 16.5. The molecule has 4 aliphatic rings. The highest BCUT2D eigenvalue weighted by atomic mass is 16.5. The molecule has 4 aliphatic carbocycles. The van der Waals surface area contributed by atoms with Crippen LogP contribution < -0.4 is 0 Å². The number of hydrogen-bond donors (Lipinski definition) is 0. The summed E-state index contributed by atoms with van der Waals surface area (Å²) in [6.07, 6.45) is 15.7. The summed E-state index contributed by atoms with van der Waals surface area (Å²) in [4.78, 5) is 12.0. The summed E-state index contributed by atoms with van der Waals surface area (Å²) in [7, 11) is 0. The molecule has 0 amide bonds. The Morgan fingerprint density at radius 2 is 1.92 bits per heavy atom. The smallest absolute Gasteiger partial charge is 0.330 e. The van der Waals surface area contributed by atoms with Gasteiger partial charge in [-0.15, -0.1) is 0 Å². The summed E-state index contributed by atoms with van der Waals surface area (Å²) in [5.41, 5.74) is 2.26. The van der Waals surface area contributed by atoms with Crippen LogP contribution in [0.1, 0.15) is 85.0 Å². The topological polar surface area (TPSA) is 26.3 Å². The molecule has 2 nitrogen and oxygen atoms in total. The summed E-state index contributed by atoms with van der Waals surface area (Å²) in [5.74, 6) is 3.50. The van der Waals surface area contributed by atoms with Gasteiger partial charge in [-0.1, -0.05) is 32.3 Å². The Morgan fingerprint density at radius 3 is 2.72 bits per heavy atom. The molecule has 0 aromatic heterocycles. The molecule has 0 aromatic carbocycles. The van der Waals surface area contributed by atoms with Crippen LogP contribution in [0.25, 0.3) is 0 Å². The van der Waals surface area contributed by atoms with Crippen LogP contribution in [-0.2, 0) is 9.53 Å². The molecule has 0 N–H and O–H groups in total. The third-order valence-corrected chi connectivity index (χ3v) is 9.01. The van der Waals surface area contributed by atoms with Crippen molar-refractivity contribution in [2.75, 3.05) is 6.61 Å². The standard InChI is InChI=1S/C23H36O2/c1-4-25-21(24)15-17-9-11-19-18-10-8-16-7-5-6-13-22(16,2)20(18)12-14-23(17,19)3/h15-16,18-20H,4-14H2,1-3H3/b17-15+. The fourth-order valence-corrected chi connectivity index (χ4v) is 7.71. The van der Waals surface area contributed by atoms with Crippen molar-refractivity contribution in [3.63, 3.8) is 0 Å². The van der Waals surface area contributed by atoms with Crippen molar-refractivity contribution in [3.05, 3.63) is 11.6 Å². The number of esters is 1. The van der Waals surface area contributed by atoms with E-state index >= 15 is 0 Å². The van der Waals surface area contributed by atoms with Crippen LogP contribution in [0.2, 0.25) is 0 Å². The summed E-state index contributed by atoms with van der Waals surface area (Å²) < 4.78 is 5.21. The Hall–Kier alpha value is -0.790. The molecule has 4 rings (SSSR count). The summed E-state index contributed by atoms with van der Waals surface area (Å²) in [6, 6.07) is 0. The van der Waals surface area contributed by atoms with Gasteiger partial charge in [0.15, 0.2) is 0 Å². The van der Waals surface area contributed by atoms with Gasteiger partial charge in [0, 0.05) is 6.08 Å². The van der Waals surface area contributed by atoms with E-state index in [1.54, 1.807) is 0 Å². The van der Waals surface area contributed by atoms with E-state index in [1.807, 2.05) is 13.0 Å². The Morgan fingerprint density at radius 1 is 1.08 bits per heavy atom. The first-order valence-electron chi connectivity index (χ1n) is 10.9. The number of hydrogen-bond acceptors (Lipinski definition) is 2. The third kappa shape index (κ3) is 2.70. The van der Waals surface area contributed by atoms with Crippen molar-refractivity contribution in [1.82, 2.24) is 0 Å². The molecule has 4 saturated carbocycles. The minimum Gasteiger partial charge on any atom is -0.463 e. The van der Waals surface area contributed by atoms with Crippen LogP contribution in [0, 0.1) is 34.5 Å². The lowest BCUT2D eigenvalue weighted by atomic mass is 9.45. The molecule has 4 fully saturated rings. The lowest BCUT2D eigenvalue weighted by Crippen LogP contribution is -2.52. The van der Waals surface area contributed by atoms with Crippen LogP contribution in [0.15, 0.2) is 11.6 Å². The fourth-order valence-electron chi connectivity index (χ4n) is 7.71. The zero-order valence-electron chi connectivity index (χ0n) is 16.5. The molecule has 0 spiro atoms. The number of fused-ring (bicyclic) bond motifs is 5. The minimum absolute atomic E-state index is 0.121. The number of allylic oxidation sites excluding steroid dienone is 1. The van der Waals surface area contributed by atoms with E-state index in [1.165, 1.54) is 63.4 Å². The average molecular weight is 345 g/mol. The fraction of sp³-hybridized carbons (Fsp3) is 0.870. The molecular formula is C23H36O2. The maximum atomic E-state index is 12.0. The van der Waals surface area contributed by atoms with Gasteiger partial charge >= 0.3 is 5.97 Å². The number of carbonyl (C=O) groups is 1. The molecule has 6 atom stereocenters. The first-order chi connectivity index (χ1) is 12.0. The van der Waals surface area contributed by atoms with Crippen molar-refractivity contribution in [2.45, 2.75) is 85.0 Å². The molecule has 0 aliphatic heterocycles. The normalized spacial score (nSPS) is 47.7. The molecular weight excluding hydrogens is 308 g/mol. The van der Waals surface area contributed by atoms with E-state index < -0.39 is 0 Å². The molecule has 0 heterocycles. The Bertz CT molecular complexity index is 564. The van der Waals surface area contributed by atoms with Crippen molar-refractivity contribution in [2.24, 2.45) is 34.5 Å². The van der Waals surface area contributed by atoms with Crippen LogP contribution in [-0.4, -0.2) is 12.6 Å². The van der Waals surface area contributed by atoms with Gasteiger partial charge in [-0.2, -0.15) is 0 Å². The Kier molecular flexibility index (Phi) is 4.53. The predicted molar refractivity (Wildman–Crippen MR) is 101 cm³/mol. The van der Waals surface area contributed by atoms with Crippen LogP contribution in [0.5, 0.6) is 0 Å². The van der Waals surface area contributed by atoms with Gasteiger partial charge in [0.1, 0.15) is 0 Å². The second-order valence-electron chi connectivity index (χ2n) is 9.82. The molecule has 140 valence electrons. The Labute approximate surface area is 153 Å². The molecule has 0 saturated heterocycles. The zero-order chi connectivity index (χ0) is 17.7. The summed E-state index contributed by atoms with van der Waals surface area (Å²) in [5, 5.41) is 0. The highest BCUT2D eigenvalue weighted by Crippen LogP contribution is 2.67. The predicted octanol–water partition coefficient (Wildman–Crippen LogP) is 5.91. The molecule has 0 bridgehead atoms. The second-order valence-corrected chi connectivity index (χ2v) is 9.82. The maximum absolute atomic E-state index is 12.0. The molecule has 0 aromatic rings. The average Bonchev–Trinajstić information content (AvgIpc) is 2.91. The van der Waals surface area contributed by atoms with E-state index in [0.29, 0.717) is 12.0 Å². The molecule has 2 heteroatoms. The third-order valence-electron chi connectivity index (χ3n) is 9.01. The first-order valence-corrected chi connectivity index (χ1v) is 10.9. The van der Waals surface area contributed by atoms with Crippen LogP contribution in [0.3, 0.4) is 0 Å². The van der Waals surface area contributed by atoms with Gasteiger partial charge in [-0.3, -0.25) is 0 Å². The van der Waals surface area contributed by atoms with Crippen molar-refractivity contribution >= 4 is 5.97 Å². The van der Waals surface area contributed by atoms with E-state index in [2.05, 4.69) is 13.8 Å². The van der Waals surface area contributed by atoms with Crippen LogP contribution in [0.4, 0.5) is 0 Å². The summed E-state index contributed by atoms with van der Waals surface area (Å²) in [6.45, 7) is 7.47. The van der Waals surface area contributed by atoms with Crippen LogP contribution >= 0.6 is 0 Å². The largest absolute Gasteiger partial charge is 0.463 e. The highest BCUT2D eigenvalue weighted by molar-refractivity contribution is 5.83. The van der Waals surface area contributed by atoms with Crippen molar-refractivity contribution in [3.8, 4) is 0 Å². The van der Waals surface area contributed by atoms with Gasteiger partial charge in [0.2, 0.25) is 0 Å². The Balaban J connectivity index is 1.58. The maximum Gasteiger partial charge on any atom is 0.330 e. The molecule has 0 radical (unpaired) electrons. The summed E-state index contributed by atoms with van der Waals surface area (Å²) >= 11 is 0. The number of ether oxygens (including phenoxy) is 1. The number of carbonyl (C=O) groups excluding carboxylic acids is 1. The van der Waals surface area contributed by atoms with E-state index in [-0.39, 0.29) is 11.4 Å². The van der Waals surface area contributed by atoms with Gasteiger partial charge in [0.05, 0.1) is 6.61 Å². The van der Waals surface area contributed by atoms with Gasteiger partial charge in [-0.25, -0.2) is 4.79 Å². The van der Waals surface area contributed by atoms with E-state index in [9.17, 15) is 4.79 Å². The highest BCUT2D eigenvalue weighted by Gasteiger charge is 2.58. The SMILES string of the molecule is CCOC(=O)/C=C1\CCC2C3CCC4CCCCC4(C)C3CCC12C. The van der Waals surface area contributed by atoms with Gasteiger partial charge in [-0.05, 0) is 92.8 Å². The van der Waals surface area contributed by atoms with Gasteiger partial charge in [0.25, 0.3) is 0 Å². The van der Waals surface area contributed by atoms with Crippen molar-refractivity contribution < 1.29 is 9.53 Å². The van der Waals surface area contributed by atoms with Crippen molar-refractivity contribution in [1.29, 1.82) is 0 Å². The van der Waals surface area contributed by atoms with Gasteiger partial charge < -0.3 is 4.74 Å². The van der Waals surface area contributed by atoms with E-state index in [0.717, 1.165) is 30.1 Å². The lowest BCUT2D eigenvalue weighted by molar-refractivity contribution is -0.137.